The highest BCUT2D eigenvalue weighted by molar-refractivity contribution is 5.85. The molecule has 0 aliphatic heterocycles. The van der Waals surface area contributed by atoms with E-state index in [1.807, 2.05) is 114 Å². The van der Waals surface area contributed by atoms with Crippen molar-refractivity contribution in [1.82, 2.24) is 0 Å². The third-order valence-electron chi connectivity index (χ3n) is 11.9. The van der Waals surface area contributed by atoms with E-state index < -0.39 is 0 Å². The molecular formula is C70H60O6. The van der Waals surface area contributed by atoms with Crippen molar-refractivity contribution in [2.45, 2.75) is 81.1 Å². The molecule has 0 spiro atoms. The lowest BCUT2D eigenvalue weighted by Crippen LogP contribution is -1.97. The highest BCUT2D eigenvalue weighted by atomic mass is 16.5. The molecule has 6 nitrogen and oxygen atoms in total. The van der Waals surface area contributed by atoms with Gasteiger partial charge in [0.25, 0.3) is 0 Å². The predicted molar refractivity (Wildman–Crippen MR) is 305 cm³/mol. The number of methoxy groups -OCH3 is 4. The van der Waals surface area contributed by atoms with Gasteiger partial charge >= 0.3 is 0 Å². The van der Waals surface area contributed by atoms with Crippen molar-refractivity contribution in [3.63, 3.8) is 0 Å². The number of hydrogen-bond donors (Lipinski definition) is 0. The van der Waals surface area contributed by atoms with Gasteiger partial charge < -0.3 is 28.4 Å². The zero-order valence-corrected chi connectivity index (χ0v) is 45.6. The number of aryl methyl sites for hydroxylation is 6. The van der Waals surface area contributed by atoms with Gasteiger partial charge in [0.2, 0.25) is 0 Å². The van der Waals surface area contributed by atoms with Crippen LogP contribution in [0.3, 0.4) is 0 Å². The summed E-state index contributed by atoms with van der Waals surface area (Å²) in [5.74, 6) is 3.37. The summed E-state index contributed by atoms with van der Waals surface area (Å²) in [6.45, 7) is 17.3. The van der Waals surface area contributed by atoms with Gasteiger partial charge in [0, 0.05) is 0 Å². The summed E-state index contributed by atoms with van der Waals surface area (Å²) < 4.78 is 37.0. The molecule has 0 aromatic heterocycles. The van der Waals surface area contributed by atoms with Crippen LogP contribution in [-0.2, 0) is 0 Å². The van der Waals surface area contributed by atoms with Gasteiger partial charge in [-0.2, -0.15) is 0 Å². The summed E-state index contributed by atoms with van der Waals surface area (Å²) in [6.07, 6.45) is 3.65. The van der Waals surface area contributed by atoms with Gasteiger partial charge in [-0.1, -0.05) is 75.2 Å². The molecule has 7 aromatic carbocycles. The van der Waals surface area contributed by atoms with Crippen LogP contribution in [0.25, 0.3) is 64.6 Å². The van der Waals surface area contributed by atoms with Crippen molar-refractivity contribution in [3.05, 3.63) is 203 Å². The van der Waals surface area contributed by atoms with Gasteiger partial charge in [-0.3, -0.25) is 0 Å². The highest BCUT2D eigenvalue weighted by Crippen LogP contribution is 2.31. The minimum atomic E-state index is 0.502. The minimum Gasteiger partial charge on any atom is -0.494 e. The summed E-state index contributed by atoms with van der Waals surface area (Å²) >= 11 is 0. The number of rotatable bonds is 12. The van der Waals surface area contributed by atoms with E-state index in [0.29, 0.717) is 112 Å². The Morgan fingerprint density at radius 2 is 0.434 bits per heavy atom. The Morgan fingerprint density at radius 1 is 0.263 bits per heavy atom. The van der Waals surface area contributed by atoms with Crippen LogP contribution in [0.4, 0.5) is 0 Å². The van der Waals surface area contributed by atoms with E-state index in [2.05, 4.69) is 111 Å². The first-order chi connectivity index (χ1) is 36.9. The van der Waals surface area contributed by atoms with Crippen molar-refractivity contribution >= 4 is 64.6 Å². The van der Waals surface area contributed by atoms with Crippen LogP contribution in [0.5, 0.6) is 34.5 Å². The van der Waals surface area contributed by atoms with Gasteiger partial charge in [-0.05, 0) is 209 Å². The molecule has 0 heterocycles. The lowest BCUT2D eigenvalue weighted by molar-refractivity contribution is 0.316. The Morgan fingerprint density at radius 3 is 0.605 bits per heavy atom. The van der Waals surface area contributed by atoms with Crippen LogP contribution in [0, 0.1) is 139 Å². The fourth-order valence-corrected chi connectivity index (χ4v) is 8.51. The third kappa shape index (κ3) is 13.6. The first-order valence-corrected chi connectivity index (χ1v) is 25.3. The van der Waals surface area contributed by atoms with E-state index >= 15 is 0 Å². The average molecular weight is 997 g/mol. The van der Waals surface area contributed by atoms with Gasteiger partial charge in [0.15, 0.2) is 11.5 Å². The quantitative estimate of drug-likeness (QED) is 0.114. The molecule has 0 unspecified atom stereocenters. The average Bonchev–Trinajstić information content (AvgIpc) is 3.40. The molecule has 0 fully saturated rings. The van der Waals surface area contributed by atoms with Gasteiger partial charge in [-0.15, -0.1) is 0 Å². The van der Waals surface area contributed by atoms with E-state index in [1.165, 1.54) is 0 Å². The molecule has 0 saturated carbocycles. The largest absolute Gasteiger partial charge is 0.494 e. The molecule has 12 bridgehead atoms. The smallest absolute Gasteiger partial charge is 0.150 e. The molecule has 76 heavy (non-hydrogen) atoms. The molecule has 376 valence electrons. The second-order valence-electron chi connectivity index (χ2n) is 18.4. The van der Waals surface area contributed by atoms with Crippen LogP contribution in [0.2, 0.25) is 0 Å². The molecule has 0 N–H and O–H groups in total. The number of unbranched alkanes of at least 4 members (excludes halogenated alkanes) is 2. The molecule has 7 aromatic rings. The summed E-state index contributed by atoms with van der Waals surface area (Å²) in [7, 11) is 6.48. The normalized spacial score (nSPS) is 9.84. The predicted octanol–water partition coefficient (Wildman–Crippen LogP) is 15.8. The van der Waals surface area contributed by atoms with Crippen molar-refractivity contribution < 1.29 is 28.4 Å². The second-order valence-corrected chi connectivity index (χ2v) is 18.4. The standard InChI is InChI=1S/C70H60O6/c1-13-15-33-75-69-61-29-25-57-39-47(3)35-53(65(57)71-9)21-17-19-23-55-37-49(5)41-59(67(55)73-11)27-31-63-45-52(8)46-64(70(63)76-34-16-14-2)32-28-60-42-50(6)38-56(68(60)74-12)24-20-18-22-54-36-48(4)40-58(66(54)72-10)26-30-62(69)44-51(7)43-61/h35-46H,13-16,33-34H2,1-12H3. The SMILES string of the molecule is CCCCOc1c2c#cc3cc(C)cc(c#cc#cc4cc(C)cc(c#cc5cc(C)cc(c#cc6cc(C)cc(c#cc#cc7cc(C)cc(c#cc1cc(C)c2)c7OC)c6OC)c5OCCCC)c4OC)c3OC. The zero-order valence-electron chi connectivity index (χ0n) is 45.6. The Bertz CT molecular complexity index is 3190. The Balaban J connectivity index is 1.58. The first kappa shape index (κ1) is 54.4. The summed E-state index contributed by atoms with van der Waals surface area (Å²) in [6, 6.07) is 76.3. The number of fused-ring (bicyclic) bond motifs is 12. The number of ether oxygens (including phenoxy) is 6. The first-order valence-electron chi connectivity index (χ1n) is 25.3. The Labute approximate surface area is 451 Å². The molecular weight excluding hydrogens is 937 g/mol. The van der Waals surface area contributed by atoms with E-state index in [-0.39, 0.29) is 0 Å². The Kier molecular flexibility index (Phi) is 18.6. The van der Waals surface area contributed by atoms with Gasteiger partial charge in [0.1, 0.15) is 23.0 Å². The van der Waals surface area contributed by atoms with Crippen LogP contribution < -0.4 is 28.4 Å². The van der Waals surface area contributed by atoms with Crippen molar-refractivity contribution in [2.24, 2.45) is 0 Å². The van der Waals surface area contributed by atoms with E-state index in [1.54, 1.807) is 28.4 Å². The molecule has 0 amide bonds. The monoisotopic (exact) mass is 996 g/mol. The molecule has 0 atom stereocenters. The van der Waals surface area contributed by atoms with E-state index in [0.717, 1.165) is 59.1 Å². The summed E-state index contributed by atoms with van der Waals surface area (Å²) in [5.41, 5.74) is 5.80. The maximum absolute atomic E-state index is 6.51. The fraction of sp³-hybridized carbons (Fsp3) is 0.257. The molecule has 0 radical (unpaired) electrons. The minimum absolute atomic E-state index is 0.502. The van der Waals surface area contributed by atoms with Crippen molar-refractivity contribution in [1.29, 1.82) is 0 Å². The molecule has 6 heteroatoms. The van der Waals surface area contributed by atoms with E-state index in [4.69, 9.17) is 28.4 Å². The fourth-order valence-electron chi connectivity index (χ4n) is 8.51. The van der Waals surface area contributed by atoms with Crippen LogP contribution in [-0.4, -0.2) is 41.7 Å². The number of hydrogen-bond acceptors (Lipinski definition) is 6. The summed E-state index contributed by atoms with van der Waals surface area (Å²) in [4.78, 5) is 0. The van der Waals surface area contributed by atoms with E-state index in [9.17, 15) is 0 Å². The highest BCUT2D eigenvalue weighted by Gasteiger charge is 2.09. The maximum Gasteiger partial charge on any atom is 0.150 e. The maximum atomic E-state index is 6.51. The summed E-state index contributed by atoms with van der Waals surface area (Å²) in [5, 5.41) is 8.11. The molecule has 0 aliphatic carbocycles. The van der Waals surface area contributed by atoms with Crippen LogP contribution >= 0.6 is 0 Å². The number of benzene rings is 6. The second kappa shape index (κ2) is 26.0. The third-order valence-corrected chi connectivity index (χ3v) is 11.9. The molecule has 0 saturated heterocycles. The van der Waals surface area contributed by atoms with Crippen molar-refractivity contribution in [2.75, 3.05) is 41.7 Å². The van der Waals surface area contributed by atoms with Crippen LogP contribution in [0.1, 0.15) is 72.9 Å². The van der Waals surface area contributed by atoms with Gasteiger partial charge in [0.05, 0.1) is 106 Å². The Hall–Kier alpha value is -9.40. The van der Waals surface area contributed by atoms with Crippen molar-refractivity contribution in [3.8, 4) is 34.5 Å². The zero-order chi connectivity index (χ0) is 54.1. The lowest BCUT2D eigenvalue weighted by atomic mass is 10.1. The lowest BCUT2D eigenvalue weighted by Gasteiger charge is -2.08. The topological polar surface area (TPSA) is 55.4 Å². The van der Waals surface area contributed by atoms with Crippen LogP contribution in [0.15, 0.2) is 72.8 Å². The van der Waals surface area contributed by atoms with Gasteiger partial charge in [-0.25, -0.2) is 0 Å². The molecule has 7 rings (SSSR count). The molecule has 0 aliphatic rings.